The van der Waals surface area contributed by atoms with Gasteiger partial charge < -0.3 is 19.7 Å². The highest BCUT2D eigenvalue weighted by atomic mass is 32.2. The topological polar surface area (TPSA) is 60.2 Å². The molecule has 6 heteroatoms. The second-order valence-electron chi connectivity index (χ2n) is 6.29. The summed E-state index contributed by atoms with van der Waals surface area (Å²) in [6.07, 6.45) is 0. The quantitative estimate of drug-likeness (QED) is 0.618. The summed E-state index contributed by atoms with van der Waals surface area (Å²) in [5, 5.41) is 11.6. The van der Waals surface area contributed by atoms with E-state index in [-0.39, 0.29) is 5.75 Å². The predicted octanol–water partition coefficient (Wildman–Crippen LogP) is 0.558. The molecule has 136 valence electrons. The summed E-state index contributed by atoms with van der Waals surface area (Å²) in [6, 6.07) is 20.2. The number of carboxylic acids is 1. The molecule has 1 aliphatic heterocycles. The van der Waals surface area contributed by atoms with Gasteiger partial charge in [-0.3, -0.25) is 0 Å². The number of aliphatic imine (C=N–C) groups is 1. The summed E-state index contributed by atoms with van der Waals surface area (Å²) in [7, 11) is 0. The molecule has 0 saturated carbocycles. The molecule has 1 aliphatic rings. The number of benzene rings is 2. The second-order valence-corrected chi connectivity index (χ2v) is 7.23. The van der Waals surface area contributed by atoms with Gasteiger partial charge in [0.15, 0.2) is 5.17 Å². The van der Waals surface area contributed by atoms with Crippen molar-refractivity contribution in [1.29, 1.82) is 0 Å². The van der Waals surface area contributed by atoms with Gasteiger partial charge in [-0.25, -0.2) is 4.99 Å². The highest BCUT2D eigenvalue weighted by Crippen LogP contribution is 2.17. The number of hydrogen-bond acceptors (Lipinski definition) is 4. The number of hydrogen-bond donors (Lipinski definition) is 1. The van der Waals surface area contributed by atoms with E-state index in [1.165, 1.54) is 22.2 Å². The Hall–Kier alpha value is -2.31. The number of nitrogens with zero attached hydrogens (tertiary/aromatic N) is 2. The van der Waals surface area contributed by atoms with Crippen LogP contribution in [0, 0.1) is 0 Å². The zero-order valence-corrected chi connectivity index (χ0v) is 15.5. The summed E-state index contributed by atoms with van der Waals surface area (Å²) in [5.74, 6) is -1.15. The number of aliphatic carboxylic acids is 1. The maximum atomic E-state index is 10.9. The van der Waals surface area contributed by atoms with Gasteiger partial charge in [0, 0.05) is 11.3 Å². The third-order valence-corrected chi connectivity index (χ3v) is 5.33. The average molecular weight is 369 g/mol. The lowest BCUT2D eigenvalue weighted by molar-refractivity contribution is -0.917. The van der Waals surface area contributed by atoms with Crippen LogP contribution in [0.4, 0.5) is 5.69 Å². The zero-order valence-electron chi connectivity index (χ0n) is 14.6. The van der Waals surface area contributed by atoms with E-state index in [2.05, 4.69) is 34.2 Å². The Bertz CT molecular complexity index is 729. The highest BCUT2D eigenvalue weighted by Gasteiger charge is 2.23. The van der Waals surface area contributed by atoms with Crippen molar-refractivity contribution >= 4 is 28.6 Å². The minimum Gasteiger partial charge on any atom is -0.549 e. The van der Waals surface area contributed by atoms with E-state index in [1.807, 2.05) is 36.4 Å². The van der Waals surface area contributed by atoms with Gasteiger partial charge in [0.25, 0.3) is 0 Å². The average Bonchev–Trinajstić information content (AvgIpc) is 2.67. The Morgan fingerprint density at radius 3 is 2.27 bits per heavy atom. The lowest BCUT2D eigenvalue weighted by Crippen LogP contribution is -3.13. The van der Waals surface area contributed by atoms with Gasteiger partial charge in [-0.2, -0.15) is 0 Å². The van der Waals surface area contributed by atoms with E-state index in [1.54, 1.807) is 0 Å². The first-order valence-electron chi connectivity index (χ1n) is 8.79. The lowest BCUT2D eigenvalue weighted by Gasteiger charge is -2.34. The molecule has 0 unspecified atom stereocenters. The molecule has 1 N–H and O–H groups in total. The van der Waals surface area contributed by atoms with Crippen LogP contribution in [0.15, 0.2) is 65.7 Å². The Labute approximate surface area is 158 Å². The van der Waals surface area contributed by atoms with Crippen LogP contribution in [-0.4, -0.2) is 48.0 Å². The molecule has 26 heavy (non-hydrogen) atoms. The Kier molecular flexibility index (Phi) is 6.68. The highest BCUT2D eigenvalue weighted by molar-refractivity contribution is 8.14. The van der Waals surface area contributed by atoms with Crippen molar-refractivity contribution < 1.29 is 14.8 Å². The number of nitrogens with one attached hydrogen (secondary N) is 1. The fraction of sp³-hybridized carbons (Fsp3) is 0.300. The molecule has 2 aromatic carbocycles. The number of amidine groups is 1. The van der Waals surface area contributed by atoms with Crippen LogP contribution < -0.4 is 10.0 Å². The molecule has 0 radical (unpaired) electrons. The maximum absolute atomic E-state index is 10.9. The van der Waals surface area contributed by atoms with Crippen LogP contribution in [0.5, 0.6) is 0 Å². The molecule has 0 aliphatic carbocycles. The second kappa shape index (κ2) is 9.40. The van der Waals surface area contributed by atoms with E-state index >= 15 is 0 Å². The predicted molar refractivity (Wildman–Crippen MR) is 103 cm³/mol. The van der Waals surface area contributed by atoms with Gasteiger partial charge in [-0.15, -0.1) is 0 Å². The number of carbonyl (C=O) groups excluding carboxylic acids is 1. The van der Waals surface area contributed by atoms with Gasteiger partial charge >= 0.3 is 0 Å². The van der Waals surface area contributed by atoms with E-state index in [9.17, 15) is 9.90 Å². The molecule has 5 nitrogen and oxygen atoms in total. The Morgan fingerprint density at radius 2 is 1.65 bits per heavy atom. The number of quaternary nitrogens is 1. The molecule has 3 rings (SSSR count). The van der Waals surface area contributed by atoms with E-state index in [0.717, 1.165) is 43.6 Å². The van der Waals surface area contributed by atoms with Crippen LogP contribution in [-0.2, 0) is 11.3 Å². The number of thioether (sulfide) groups is 1. The van der Waals surface area contributed by atoms with Crippen LogP contribution in [0.25, 0.3) is 0 Å². The molecule has 0 atom stereocenters. The number of carboxylic acid groups (broad SMARTS) is 1. The Balaban J connectivity index is 1.63. The van der Waals surface area contributed by atoms with Crippen molar-refractivity contribution in [1.82, 2.24) is 4.90 Å². The Morgan fingerprint density at radius 1 is 1.04 bits per heavy atom. The molecule has 1 saturated heterocycles. The lowest BCUT2D eigenvalue weighted by atomic mass is 10.2. The summed E-state index contributed by atoms with van der Waals surface area (Å²) >= 11 is 1.24. The molecule has 2 aromatic rings. The monoisotopic (exact) mass is 369 g/mol. The standard InChI is InChI=1S/C20H23N3O2S/c24-19(25)16-26-20(21-18-9-5-2-6-10-18)23-13-11-22(12-14-23)15-17-7-3-1-4-8-17/h1-10H,11-16H2,(H,24,25). The van der Waals surface area contributed by atoms with Crippen molar-refractivity contribution in [2.75, 3.05) is 31.9 Å². The fourth-order valence-electron chi connectivity index (χ4n) is 3.01. The van der Waals surface area contributed by atoms with Gasteiger partial charge in [0.1, 0.15) is 6.54 Å². The van der Waals surface area contributed by atoms with Gasteiger partial charge in [0.2, 0.25) is 0 Å². The summed E-state index contributed by atoms with van der Waals surface area (Å²) < 4.78 is 0. The van der Waals surface area contributed by atoms with Crippen molar-refractivity contribution in [2.24, 2.45) is 4.99 Å². The minimum atomic E-state index is -1.07. The third kappa shape index (κ3) is 5.61. The third-order valence-electron chi connectivity index (χ3n) is 4.34. The first-order valence-corrected chi connectivity index (χ1v) is 9.78. The van der Waals surface area contributed by atoms with Crippen LogP contribution >= 0.6 is 11.8 Å². The largest absolute Gasteiger partial charge is 0.549 e. The van der Waals surface area contributed by atoms with Gasteiger partial charge in [0.05, 0.1) is 37.8 Å². The van der Waals surface area contributed by atoms with Crippen molar-refractivity contribution in [3.8, 4) is 0 Å². The summed E-state index contributed by atoms with van der Waals surface area (Å²) in [4.78, 5) is 19.3. The number of rotatable bonds is 5. The molecule has 0 spiro atoms. The smallest absolute Gasteiger partial charge is 0.165 e. The van der Waals surface area contributed by atoms with E-state index in [4.69, 9.17) is 0 Å². The SMILES string of the molecule is O=C([O-])CSC(=Nc1ccccc1)N1CC[NH+](Cc2ccccc2)CC1. The molecule has 1 heterocycles. The van der Waals surface area contributed by atoms with E-state index in [0.29, 0.717) is 0 Å². The van der Waals surface area contributed by atoms with E-state index < -0.39 is 5.97 Å². The van der Waals surface area contributed by atoms with Crippen LogP contribution in [0.1, 0.15) is 5.56 Å². The zero-order chi connectivity index (χ0) is 18.2. The fourth-order valence-corrected chi connectivity index (χ4v) is 3.79. The number of carbonyl (C=O) groups is 1. The van der Waals surface area contributed by atoms with Crippen LogP contribution in [0.2, 0.25) is 0 Å². The summed E-state index contributed by atoms with van der Waals surface area (Å²) in [5.41, 5.74) is 2.19. The molecule has 0 amide bonds. The molecule has 1 fully saturated rings. The molecule has 0 bridgehead atoms. The summed E-state index contributed by atoms with van der Waals surface area (Å²) in [6.45, 7) is 4.77. The molecular weight excluding hydrogens is 346 g/mol. The van der Waals surface area contributed by atoms with Crippen molar-refractivity contribution in [3.63, 3.8) is 0 Å². The molecular formula is C20H23N3O2S. The first-order chi connectivity index (χ1) is 12.7. The normalized spacial score (nSPS) is 15.8. The van der Waals surface area contributed by atoms with Gasteiger partial charge in [-0.1, -0.05) is 60.3 Å². The van der Waals surface area contributed by atoms with Gasteiger partial charge in [-0.05, 0) is 12.1 Å². The molecule has 0 aromatic heterocycles. The first kappa shape index (κ1) is 18.5. The number of para-hydroxylation sites is 1. The van der Waals surface area contributed by atoms with Crippen molar-refractivity contribution in [2.45, 2.75) is 6.54 Å². The minimum absolute atomic E-state index is 0.0806. The van der Waals surface area contributed by atoms with Crippen molar-refractivity contribution in [3.05, 3.63) is 66.2 Å². The maximum Gasteiger partial charge on any atom is 0.165 e. The van der Waals surface area contributed by atoms with Crippen LogP contribution in [0.3, 0.4) is 0 Å². The number of piperazine rings is 1.